The Bertz CT molecular complexity index is 348. The second-order valence-electron chi connectivity index (χ2n) is 4.31. The van der Waals surface area contributed by atoms with Gasteiger partial charge in [0.05, 0.1) is 0 Å². The van der Waals surface area contributed by atoms with Crippen LogP contribution in [0.2, 0.25) is 0 Å². The largest absolute Gasteiger partial charge is 0.492 e. The van der Waals surface area contributed by atoms with Crippen molar-refractivity contribution in [3.8, 4) is 5.75 Å². The number of benzene rings is 1. The minimum atomic E-state index is -0.174. The Morgan fingerprint density at radius 1 is 1.31 bits per heavy atom. The zero-order valence-corrected chi connectivity index (χ0v) is 9.71. The molecule has 0 aromatic heterocycles. The van der Waals surface area contributed by atoms with Crippen molar-refractivity contribution in [2.24, 2.45) is 0 Å². The lowest BCUT2D eigenvalue weighted by Crippen LogP contribution is -2.25. The first-order valence-corrected chi connectivity index (χ1v) is 5.87. The number of hydrogen-bond donors (Lipinski definition) is 0. The lowest BCUT2D eigenvalue weighted by atomic mass is 10.2. The van der Waals surface area contributed by atoms with Gasteiger partial charge < -0.3 is 4.74 Å². The molecule has 0 spiro atoms. The van der Waals surface area contributed by atoms with Gasteiger partial charge >= 0.3 is 0 Å². The fourth-order valence-corrected chi connectivity index (χ4v) is 2.01. The molecule has 0 bridgehead atoms. The minimum absolute atomic E-state index is 0.174. The molecule has 0 unspecified atom stereocenters. The van der Waals surface area contributed by atoms with Crippen molar-refractivity contribution in [2.45, 2.75) is 19.8 Å². The summed E-state index contributed by atoms with van der Waals surface area (Å²) in [6, 6.07) is 4.89. The lowest BCUT2D eigenvalue weighted by Gasteiger charge is -2.15. The Kier molecular flexibility index (Phi) is 3.78. The first-order valence-electron chi connectivity index (χ1n) is 5.87. The van der Waals surface area contributed by atoms with Crippen molar-refractivity contribution in [3.63, 3.8) is 0 Å². The van der Waals surface area contributed by atoms with Crippen molar-refractivity contribution in [1.29, 1.82) is 0 Å². The molecule has 1 saturated heterocycles. The number of likely N-dealkylation sites (tertiary alicyclic amines) is 1. The van der Waals surface area contributed by atoms with Gasteiger partial charge in [-0.15, -0.1) is 0 Å². The smallest absolute Gasteiger partial charge is 0.126 e. The van der Waals surface area contributed by atoms with Gasteiger partial charge in [0.25, 0.3) is 0 Å². The van der Waals surface area contributed by atoms with E-state index < -0.39 is 0 Å². The quantitative estimate of drug-likeness (QED) is 0.778. The van der Waals surface area contributed by atoms with Gasteiger partial charge in [0, 0.05) is 6.54 Å². The first-order chi connectivity index (χ1) is 7.75. The average Bonchev–Trinajstić information content (AvgIpc) is 2.76. The molecule has 88 valence electrons. The number of aryl methyl sites for hydroxylation is 1. The molecule has 1 fully saturated rings. The van der Waals surface area contributed by atoms with E-state index in [1.54, 1.807) is 19.1 Å². The number of halogens is 1. The highest BCUT2D eigenvalue weighted by molar-refractivity contribution is 5.28. The molecule has 0 radical (unpaired) electrons. The van der Waals surface area contributed by atoms with E-state index in [-0.39, 0.29) is 5.82 Å². The summed E-state index contributed by atoms with van der Waals surface area (Å²) < 4.78 is 18.6. The van der Waals surface area contributed by atoms with E-state index in [1.165, 1.54) is 32.0 Å². The molecule has 1 aromatic rings. The van der Waals surface area contributed by atoms with Crippen molar-refractivity contribution >= 4 is 0 Å². The van der Waals surface area contributed by atoms with E-state index in [1.807, 2.05) is 0 Å². The molecule has 0 aliphatic carbocycles. The van der Waals surface area contributed by atoms with Crippen LogP contribution in [0.4, 0.5) is 4.39 Å². The topological polar surface area (TPSA) is 12.5 Å². The molecule has 0 amide bonds. The van der Waals surface area contributed by atoms with E-state index >= 15 is 0 Å². The average molecular weight is 223 g/mol. The second-order valence-corrected chi connectivity index (χ2v) is 4.31. The summed E-state index contributed by atoms with van der Waals surface area (Å²) >= 11 is 0. The molecule has 3 heteroatoms. The minimum Gasteiger partial charge on any atom is -0.492 e. The molecule has 0 N–H and O–H groups in total. The summed E-state index contributed by atoms with van der Waals surface area (Å²) in [4.78, 5) is 2.40. The number of ether oxygens (including phenoxy) is 1. The van der Waals surface area contributed by atoms with Crippen LogP contribution in [0.5, 0.6) is 5.75 Å². The SMILES string of the molecule is Cc1cc(OCCN2CCCC2)ccc1F. The maximum Gasteiger partial charge on any atom is 0.126 e. The zero-order valence-electron chi connectivity index (χ0n) is 9.71. The second kappa shape index (κ2) is 5.30. The number of nitrogens with zero attached hydrogens (tertiary/aromatic N) is 1. The highest BCUT2D eigenvalue weighted by Crippen LogP contribution is 2.16. The molecule has 1 heterocycles. The van der Waals surface area contributed by atoms with Gasteiger partial charge in [0.2, 0.25) is 0 Å². The predicted octanol–water partition coefficient (Wildman–Crippen LogP) is 2.61. The molecule has 2 rings (SSSR count). The maximum atomic E-state index is 13.0. The van der Waals surface area contributed by atoms with Crippen LogP contribution < -0.4 is 4.74 Å². The van der Waals surface area contributed by atoms with E-state index in [4.69, 9.17) is 4.74 Å². The Morgan fingerprint density at radius 3 is 2.75 bits per heavy atom. The first kappa shape index (κ1) is 11.4. The van der Waals surface area contributed by atoms with E-state index in [0.29, 0.717) is 12.2 Å². The molecular formula is C13H18FNO. The van der Waals surface area contributed by atoms with Crippen LogP contribution in [-0.4, -0.2) is 31.1 Å². The predicted molar refractivity (Wildman–Crippen MR) is 62.3 cm³/mol. The summed E-state index contributed by atoms with van der Waals surface area (Å²) in [5.41, 5.74) is 0.638. The highest BCUT2D eigenvalue weighted by Gasteiger charge is 2.10. The fraction of sp³-hybridized carbons (Fsp3) is 0.538. The zero-order chi connectivity index (χ0) is 11.4. The molecule has 1 aliphatic heterocycles. The van der Waals surface area contributed by atoms with Gasteiger partial charge in [-0.05, 0) is 56.6 Å². The lowest BCUT2D eigenvalue weighted by molar-refractivity contribution is 0.237. The molecule has 1 aliphatic rings. The summed E-state index contributed by atoms with van der Waals surface area (Å²) in [7, 11) is 0. The van der Waals surface area contributed by atoms with Crippen molar-refractivity contribution in [3.05, 3.63) is 29.6 Å². The summed E-state index contributed by atoms with van der Waals surface area (Å²) in [6.07, 6.45) is 2.60. The van der Waals surface area contributed by atoms with E-state index in [2.05, 4.69) is 4.90 Å². The molecule has 1 aromatic carbocycles. The molecule has 0 atom stereocenters. The Labute approximate surface area is 96.0 Å². The van der Waals surface area contributed by atoms with Crippen LogP contribution in [0.15, 0.2) is 18.2 Å². The molecule has 16 heavy (non-hydrogen) atoms. The summed E-state index contributed by atoms with van der Waals surface area (Å²) in [5.74, 6) is 0.588. The monoisotopic (exact) mass is 223 g/mol. The van der Waals surface area contributed by atoms with Crippen LogP contribution in [0.1, 0.15) is 18.4 Å². The summed E-state index contributed by atoms with van der Waals surface area (Å²) in [5, 5.41) is 0. The van der Waals surface area contributed by atoms with Gasteiger partial charge in [0.15, 0.2) is 0 Å². The van der Waals surface area contributed by atoms with Gasteiger partial charge in [-0.2, -0.15) is 0 Å². The third kappa shape index (κ3) is 2.95. The van der Waals surface area contributed by atoms with Crippen molar-refractivity contribution < 1.29 is 9.13 Å². The molecular weight excluding hydrogens is 205 g/mol. The maximum absolute atomic E-state index is 13.0. The third-order valence-electron chi connectivity index (χ3n) is 3.00. The van der Waals surface area contributed by atoms with Crippen molar-refractivity contribution in [1.82, 2.24) is 4.90 Å². The van der Waals surface area contributed by atoms with Crippen molar-refractivity contribution in [2.75, 3.05) is 26.2 Å². The molecule has 2 nitrogen and oxygen atoms in total. The summed E-state index contributed by atoms with van der Waals surface area (Å²) in [6.45, 7) is 5.78. The standard InChI is InChI=1S/C13H18FNO/c1-11-10-12(4-5-13(11)14)16-9-8-15-6-2-3-7-15/h4-5,10H,2-3,6-9H2,1H3. The van der Waals surface area contributed by atoms with Crippen LogP contribution in [0.3, 0.4) is 0 Å². The Hall–Kier alpha value is -1.09. The van der Waals surface area contributed by atoms with Crippen LogP contribution in [0.25, 0.3) is 0 Å². The van der Waals surface area contributed by atoms with Gasteiger partial charge in [-0.25, -0.2) is 4.39 Å². The fourth-order valence-electron chi connectivity index (χ4n) is 2.01. The molecule has 0 saturated carbocycles. The van der Waals surface area contributed by atoms with Gasteiger partial charge in [0.1, 0.15) is 18.2 Å². The normalized spacial score (nSPS) is 16.6. The third-order valence-corrected chi connectivity index (χ3v) is 3.00. The van der Waals surface area contributed by atoms with E-state index in [9.17, 15) is 4.39 Å². The van der Waals surface area contributed by atoms with Gasteiger partial charge in [-0.1, -0.05) is 0 Å². The number of hydrogen-bond acceptors (Lipinski definition) is 2. The van der Waals surface area contributed by atoms with Gasteiger partial charge in [-0.3, -0.25) is 4.90 Å². The Morgan fingerprint density at radius 2 is 2.06 bits per heavy atom. The number of rotatable bonds is 4. The van der Waals surface area contributed by atoms with Crippen LogP contribution in [-0.2, 0) is 0 Å². The van der Waals surface area contributed by atoms with Crippen LogP contribution in [0, 0.1) is 12.7 Å². The van der Waals surface area contributed by atoms with E-state index in [0.717, 1.165) is 12.3 Å². The Balaban J connectivity index is 1.78. The highest BCUT2D eigenvalue weighted by atomic mass is 19.1. The van der Waals surface area contributed by atoms with Crippen LogP contribution >= 0.6 is 0 Å².